The highest BCUT2D eigenvalue weighted by atomic mass is 16.2. The number of amides is 1. The summed E-state index contributed by atoms with van der Waals surface area (Å²) in [6.45, 7) is 16.0. The van der Waals surface area contributed by atoms with Gasteiger partial charge in [0.25, 0.3) is 0 Å². The summed E-state index contributed by atoms with van der Waals surface area (Å²) in [7, 11) is 0. The molecular formula is C20H37N5O. The maximum atomic E-state index is 12.8. The molecule has 0 bridgehead atoms. The van der Waals surface area contributed by atoms with Crippen LogP contribution in [-0.2, 0) is 4.79 Å². The van der Waals surface area contributed by atoms with E-state index < -0.39 is 0 Å². The summed E-state index contributed by atoms with van der Waals surface area (Å²) in [6, 6.07) is 1.09. The molecule has 1 atom stereocenters. The smallest absolute Gasteiger partial charge is 0.242 e. The monoisotopic (exact) mass is 363 g/mol. The van der Waals surface area contributed by atoms with E-state index >= 15 is 0 Å². The van der Waals surface area contributed by atoms with Gasteiger partial charge >= 0.3 is 0 Å². The second-order valence-electron chi connectivity index (χ2n) is 9.10. The highest BCUT2D eigenvalue weighted by Crippen LogP contribution is 2.31. The van der Waals surface area contributed by atoms with Crippen molar-refractivity contribution >= 4 is 11.9 Å². The van der Waals surface area contributed by atoms with Crippen molar-refractivity contribution < 1.29 is 4.79 Å². The fourth-order valence-corrected chi connectivity index (χ4v) is 4.74. The lowest BCUT2D eigenvalue weighted by molar-refractivity contribution is -0.145. The molecule has 3 fully saturated rings. The molecule has 6 nitrogen and oxygen atoms in total. The van der Waals surface area contributed by atoms with Crippen molar-refractivity contribution in [3.05, 3.63) is 0 Å². The van der Waals surface area contributed by atoms with Crippen LogP contribution in [-0.4, -0.2) is 83.5 Å². The Balaban J connectivity index is 1.64. The van der Waals surface area contributed by atoms with Crippen molar-refractivity contribution in [2.45, 2.75) is 71.5 Å². The summed E-state index contributed by atoms with van der Waals surface area (Å²) in [5.74, 6) is 1.76. The van der Waals surface area contributed by atoms with Gasteiger partial charge in [0.05, 0.1) is 12.1 Å². The van der Waals surface area contributed by atoms with E-state index in [1.165, 1.54) is 32.4 Å². The van der Waals surface area contributed by atoms with Crippen LogP contribution in [0.1, 0.15) is 53.9 Å². The minimum atomic E-state index is -0.185. The lowest BCUT2D eigenvalue weighted by Gasteiger charge is -2.49. The van der Waals surface area contributed by atoms with Gasteiger partial charge in [-0.3, -0.25) is 9.79 Å². The molecule has 26 heavy (non-hydrogen) atoms. The first-order chi connectivity index (χ1) is 12.3. The minimum absolute atomic E-state index is 0.185. The van der Waals surface area contributed by atoms with E-state index in [0.29, 0.717) is 12.5 Å². The third-order valence-corrected chi connectivity index (χ3v) is 5.86. The predicted octanol–water partition coefficient (Wildman–Crippen LogP) is 1.77. The number of nitrogens with zero attached hydrogens (tertiary/aromatic N) is 4. The zero-order valence-electron chi connectivity index (χ0n) is 17.3. The lowest BCUT2D eigenvalue weighted by Crippen LogP contribution is -2.66. The van der Waals surface area contributed by atoms with Crippen molar-refractivity contribution in [1.82, 2.24) is 20.0 Å². The molecule has 148 valence electrons. The van der Waals surface area contributed by atoms with Crippen LogP contribution in [0.25, 0.3) is 0 Å². The van der Waals surface area contributed by atoms with Gasteiger partial charge in [0, 0.05) is 38.3 Å². The number of hydrogen-bond donors (Lipinski definition) is 1. The zero-order valence-corrected chi connectivity index (χ0v) is 17.3. The second-order valence-corrected chi connectivity index (χ2v) is 9.10. The summed E-state index contributed by atoms with van der Waals surface area (Å²) in [4.78, 5) is 24.5. The van der Waals surface area contributed by atoms with E-state index in [9.17, 15) is 4.79 Å². The van der Waals surface area contributed by atoms with Gasteiger partial charge in [-0.2, -0.15) is 0 Å². The van der Waals surface area contributed by atoms with E-state index in [-0.39, 0.29) is 17.5 Å². The molecular weight excluding hydrogens is 326 g/mol. The highest BCUT2D eigenvalue weighted by molar-refractivity contribution is 5.88. The zero-order chi connectivity index (χ0) is 18.9. The van der Waals surface area contributed by atoms with Gasteiger partial charge in [0.2, 0.25) is 5.91 Å². The van der Waals surface area contributed by atoms with Crippen molar-refractivity contribution in [2.24, 2.45) is 10.9 Å². The topological polar surface area (TPSA) is 51.2 Å². The first-order valence-electron chi connectivity index (χ1n) is 10.4. The largest absolute Gasteiger partial charge is 0.357 e. The third-order valence-electron chi connectivity index (χ3n) is 5.86. The normalized spacial score (nSPS) is 27.5. The van der Waals surface area contributed by atoms with Crippen LogP contribution >= 0.6 is 0 Å². The maximum Gasteiger partial charge on any atom is 0.242 e. The number of carbonyl (C=O) groups excluding carboxylic acids is 1. The van der Waals surface area contributed by atoms with Gasteiger partial charge in [-0.1, -0.05) is 0 Å². The van der Waals surface area contributed by atoms with Gasteiger partial charge < -0.3 is 20.0 Å². The van der Waals surface area contributed by atoms with Crippen LogP contribution in [0.2, 0.25) is 0 Å². The summed E-state index contributed by atoms with van der Waals surface area (Å²) >= 11 is 0. The van der Waals surface area contributed by atoms with Crippen molar-refractivity contribution in [3.8, 4) is 0 Å². The number of rotatable bonds is 5. The van der Waals surface area contributed by atoms with E-state index in [4.69, 9.17) is 4.99 Å². The minimum Gasteiger partial charge on any atom is -0.357 e. The first-order valence-corrected chi connectivity index (χ1v) is 10.4. The molecule has 1 saturated carbocycles. The number of carbonyl (C=O) groups is 1. The van der Waals surface area contributed by atoms with Gasteiger partial charge in [-0.15, -0.1) is 0 Å². The SMILES string of the molecule is CCNC(=NCC1CCN(C2CC2)C1)N1CC(=O)N(C(C)C)C(C)(C)C1. The Hall–Kier alpha value is -1.30. The highest BCUT2D eigenvalue weighted by Gasteiger charge is 2.41. The molecule has 1 N–H and O–H groups in total. The first kappa shape index (κ1) is 19.5. The maximum absolute atomic E-state index is 12.8. The van der Waals surface area contributed by atoms with Crippen LogP contribution in [0.4, 0.5) is 0 Å². The third kappa shape index (κ3) is 4.33. The van der Waals surface area contributed by atoms with Gasteiger partial charge in [-0.25, -0.2) is 0 Å². The number of aliphatic imine (C=N–C) groups is 1. The molecule has 0 aromatic rings. The Kier molecular flexibility index (Phi) is 5.80. The molecule has 1 amide bonds. The Morgan fingerprint density at radius 1 is 1.31 bits per heavy atom. The van der Waals surface area contributed by atoms with Gasteiger partial charge in [-0.05, 0) is 66.3 Å². The summed E-state index contributed by atoms with van der Waals surface area (Å²) in [5, 5.41) is 3.42. The quantitative estimate of drug-likeness (QED) is 0.597. The molecule has 2 aliphatic heterocycles. The van der Waals surface area contributed by atoms with Crippen LogP contribution in [0.5, 0.6) is 0 Å². The van der Waals surface area contributed by atoms with Crippen LogP contribution in [0.15, 0.2) is 4.99 Å². The number of hydrogen-bond acceptors (Lipinski definition) is 3. The molecule has 0 aromatic carbocycles. The predicted molar refractivity (Wildman–Crippen MR) is 106 cm³/mol. The summed E-state index contributed by atoms with van der Waals surface area (Å²) < 4.78 is 0. The average molecular weight is 364 g/mol. The van der Waals surface area contributed by atoms with Crippen LogP contribution < -0.4 is 5.32 Å². The molecule has 0 spiro atoms. The Labute approximate surface area is 159 Å². The van der Waals surface area contributed by atoms with E-state index in [0.717, 1.165) is 31.6 Å². The van der Waals surface area contributed by atoms with E-state index in [1.54, 1.807) is 0 Å². The number of likely N-dealkylation sites (tertiary alicyclic amines) is 1. The second kappa shape index (κ2) is 7.75. The van der Waals surface area contributed by atoms with Crippen LogP contribution in [0.3, 0.4) is 0 Å². The molecule has 3 rings (SSSR count). The van der Waals surface area contributed by atoms with E-state index in [1.807, 2.05) is 4.90 Å². The number of guanidine groups is 1. The van der Waals surface area contributed by atoms with E-state index in [2.05, 4.69) is 49.7 Å². The summed E-state index contributed by atoms with van der Waals surface area (Å²) in [6.07, 6.45) is 4.02. The molecule has 2 saturated heterocycles. The molecule has 3 aliphatic rings. The van der Waals surface area contributed by atoms with Crippen molar-refractivity contribution in [1.29, 1.82) is 0 Å². The Bertz CT molecular complexity index is 540. The average Bonchev–Trinajstić information content (AvgIpc) is 3.28. The molecule has 2 heterocycles. The van der Waals surface area contributed by atoms with Gasteiger partial charge in [0.15, 0.2) is 5.96 Å². The van der Waals surface area contributed by atoms with Crippen molar-refractivity contribution in [3.63, 3.8) is 0 Å². The fraction of sp³-hybridized carbons (Fsp3) is 0.900. The number of nitrogens with one attached hydrogen (secondary N) is 1. The Morgan fingerprint density at radius 2 is 2.04 bits per heavy atom. The molecule has 1 aliphatic carbocycles. The molecule has 6 heteroatoms. The summed E-state index contributed by atoms with van der Waals surface area (Å²) in [5.41, 5.74) is -0.185. The van der Waals surface area contributed by atoms with Crippen molar-refractivity contribution in [2.75, 3.05) is 39.3 Å². The molecule has 0 radical (unpaired) electrons. The molecule has 1 unspecified atom stereocenters. The lowest BCUT2D eigenvalue weighted by atomic mass is 9.96. The number of piperazine rings is 1. The van der Waals surface area contributed by atoms with Gasteiger partial charge in [0.1, 0.15) is 0 Å². The van der Waals surface area contributed by atoms with Crippen LogP contribution in [0, 0.1) is 5.92 Å². The Morgan fingerprint density at radius 3 is 2.62 bits per heavy atom. The standard InChI is InChI=1S/C20H37N5O/c1-6-21-19(22-11-16-9-10-23(12-16)17-7-8-17)24-13-18(26)25(15(2)3)20(4,5)14-24/h15-17H,6-14H2,1-5H3,(H,21,22). The molecule has 0 aromatic heterocycles. The fourth-order valence-electron chi connectivity index (χ4n) is 4.74.